The van der Waals surface area contributed by atoms with Crippen LogP contribution in [0.4, 0.5) is 34.1 Å². The number of hydrogen-bond donors (Lipinski definition) is 0. The molecule has 0 N–H and O–H groups in total. The summed E-state index contributed by atoms with van der Waals surface area (Å²) in [4.78, 5) is 32.1. The number of rotatable bonds is 10. The lowest BCUT2D eigenvalue weighted by Crippen LogP contribution is -2.61. The van der Waals surface area contributed by atoms with Gasteiger partial charge in [-0.05, 0) is 153 Å². The summed E-state index contributed by atoms with van der Waals surface area (Å²) < 4.78 is 2.42. The van der Waals surface area contributed by atoms with Gasteiger partial charge in [-0.3, -0.25) is 0 Å². The van der Waals surface area contributed by atoms with E-state index in [0.717, 1.165) is 95.4 Å². The van der Waals surface area contributed by atoms with Gasteiger partial charge < -0.3 is 14.4 Å². The molecule has 0 amide bonds. The second-order valence-corrected chi connectivity index (χ2v) is 27.3. The first kappa shape index (κ1) is 58.0. The van der Waals surface area contributed by atoms with Gasteiger partial charge in [0.25, 0.3) is 6.71 Å². The molecular weight excluding hydrogens is 1170 g/mol. The van der Waals surface area contributed by atoms with Crippen molar-refractivity contribution < 1.29 is 0 Å². The normalized spacial score (nSPS) is 12.6. The molecule has 12 aromatic carbocycles. The van der Waals surface area contributed by atoms with Crippen LogP contribution in [0.25, 0.3) is 107 Å². The van der Waals surface area contributed by atoms with Crippen LogP contribution in [-0.4, -0.2) is 36.2 Å². The lowest BCUT2D eigenvalue weighted by molar-refractivity contribution is 0.590. The van der Waals surface area contributed by atoms with Crippen LogP contribution in [0.2, 0.25) is 0 Å². The third-order valence-electron chi connectivity index (χ3n) is 19.1. The molecule has 15 aromatic rings. The predicted molar refractivity (Wildman–Crippen MR) is 399 cm³/mol. The maximum absolute atomic E-state index is 5.81. The lowest BCUT2D eigenvalue weighted by Gasteiger charge is -2.44. The van der Waals surface area contributed by atoms with Crippen molar-refractivity contribution in [1.29, 1.82) is 0 Å². The summed E-state index contributed by atoms with van der Waals surface area (Å²) in [5, 5.41) is 2.37. The van der Waals surface area contributed by atoms with Gasteiger partial charge in [-0.2, -0.15) is 0 Å². The maximum Gasteiger partial charge on any atom is 0.252 e. The van der Waals surface area contributed by atoms with Gasteiger partial charge in [0.1, 0.15) is 0 Å². The Balaban J connectivity index is 0.906. The molecule has 0 atom stereocenters. The molecule has 96 heavy (non-hydrogen) atoms. The Hall–Kier alpha value is -11.8. The molecule has 3 aromatic heterocycles. The largest absolute Gasteiger partial charge is 0.311 e. The van der Waals surface area contributed by atoms with Gasteiger partial charge in [-0.1, -0.05) is 236 Å². The van der Waals surface area contributed by atoms with Gasteiger partial charge >= 0.3 is 0 Å². The topological polar surface area (TPSA) is 75.9 Å². The van der Waals surface area contributed by atoms with Gasteiger partial charge in [-0.15, -0.1) is 0 Å². The van der Waals surface area contributed by atoms with Crippen LogP contribution >= 0.6 is 0 Å². The standard InChI is InChI=1S/C87H67BN8/c1-86(2,3)63-44-47-74-67(53-63)68-54-64(87(4,5)6)45-48-75(68)96(74)76-46-43-61(84-92-82(57-29-14-8-15-30-57)91-83(93-84)58-31-16-9-17-32-58)50-69(76)85-89-72(56-27-12-7-13-28-56)55-73(90-85)60-34-26-33-59(49-60)62-51-79-81-80(52-62)95(66-37-20-11-21-38-66)78-42-25-23-40-71(78)88(81)70-39-22-24-41-77(70)94(79)65-35-18-10-19-36-65/h7-55H,1-6H3. The number of fused-ring (bicyclic) bond motifs is 7. The molecule has 458 valence electrons. The fourth-order valence-corrected chi connectivity index (χ4v) is 14.3. The van der Waals surface area contributed by atoms with Crippen molar-refractivity contribution in [3.05, 3.63) is 308 Å². The third kappa shape index (κ3) is 10.1. The van der Waals surface area contributed by atoms with Gasteiger partial charge in [0, 0.05) is 78.3 Å². The van der Waals surface area contributed by atoms with E-state index in [1.54, 1.807) is 0 Å². The fourth-order valence-electron chi connectivity index (χ4n) is 14.3. The molecule has 0 spiro atoms. The van der Waals surface area contributed by atoms with Gasteiger partial charge in [0.15, 0.2) is 23.3 Å². The molecule has 17 rings (SSSR count). The van der Waals surface area contributed by atoms with E-state index < -0.39 is 0 Å². The van der Waals surface area contributed by atoms with E-state index in [4.69, 9.17) is 24.9 Å². The van der Waals surface area contributed by atoms with Crippen LogP contribution in [0.3, 0.4) is 0 Å². The minimum Gasteiger partial charge on any atom is -0.311 e. The monoisotopic (exact) mass is 1230 g/mol. The molecule has 2 aliphatic heterocycles. The van der Waals surface area contributed by atoms with E-state index in [0.29, 0.717) is 23.3 Å². The van der Waals surface area contributed by atoms with Crippen molar-refractivity contribution in [3.8, 4) is 84.9 Å². The third-order valence-corrected chi connectivity index (χ3v) is 19.1. The quantitative estimate of drug-likeness (QED) is 0.126. The molecule has 5 heterocycles. The predicted octanol–water partition coefficient (Wildman–Crippen LogP) is 20.1. The number of benzene rings is 12. The summed E-state index contributed by atoms with van der Waals surface area (Å²) in [5.74, 6) is 2.26. The molecular formula is C87H67BN8. The molecule has 0 aliphatic carbocycles. The van der Waals surface area contributed by atoms with Crippen molar-refractivity contribution >= 4 is 79.0 Å². The molecule has 0 saturated heterocycles. The van der Waals surface area contributed by atoms with Crippen molar-refractivity contribution in [2.45, 2.75) is 52.4 Å². The summed E-state index contributed by atoms with van der Waals surface area (Å²) in [6, 6.07) is 107. The van der Waals surface area contributed by atoms with E-state index in [2.05, 4.69) is 317 Å². The van der Waals surface area contributed by atoms with Crippen LogP contribution in [-0.2, 0) is 10.8 Å². The molecule has 9 heteroatoms. The van der Waals surface area contributed by atoms with Crippen LogP contribution in [0.1, 0.15) is 52.7 Å². The molecule has 0 fully saturated rings. The SMILES string of the molecule is CC(C)(C)c1ccc2c(c1)c1cc(C(C)(C)C)ccc1n2-c1ccc(-c2nc(-c3ccccc3)nc(-c3ccccc3)n2)cc1-c1nc(-c2ccccc2)cc(-c2cccc(-c3cc4c5c(c3)N(c3ccccc3)c3ccccc3B5c3ccccc3N4c3ccccc3)c2)n1. The first-order valence-electron chi connectivity index (χ1n) is 33.1. The first-order valence-corrected chi connectivity index (χ1v) is 33.1. The van der Waals surface area contributed by atoms with Crippen LogP contribution in [0.5, 0.6) is 0 Å². The van der Waals surface area contributed by atoms with Gasteiger partial charge in [0.05, 0.1) is 28.1 Å². The van der Waals surface area contributed by atoms with Crippen LogP contribution in [0.15, 0.2) is 297 Å². The zero-order valence-corrected chi connectivity index (χ0v) is 54.4. The Morgan fingerprint density at radius 3 is 1.21 bits per heavy atom. The fraction of sp³-hybridized carbons (Fsp3) is 0.0920. The number of anilines is 6. The number of aromatic nitrogens is 6. The smallest absolute Gasteiger partial charge is 0.252 e. The highest BCUT2D eigenvalue weighted by molar-refractivity contribution is 7.00. The molecule has 2 aliphatic rings. The zero-order chi connectivity index (χ0) is 64.8. The Morgan fingerprint density at radius 2 is 0.708 bits per heavy atom. The second-order valence-electron chi connectivity index (χ2n) is 27.3. The molecule has 0 unspecified atom stereocenters. The van der Waals surface area contributed by atoms with Crippen LogP contribution < -0.4 is 26.2 Å². The zero-order valence-electron chi connectivity index (χ0n) is 54.4. The van der Waals surface area contributed by atoms with E-state index >= 15 is 0 Å². The summed E-state index contributed by atoms with van der Waals surface area (Å²) in [6.07, 6.45) is 0. The Morgan fingerprint density at radius 1 is 0.281 bits per heavy atom. The number of para-hydroxylation sites is 4. The molecule has 8 nitrogen and oxygen atoms in total. The van der Waals surface area contributed by atoms with E-state index in [-0.39, 0.29) is 17.5 Å². The Kier molecular flexibility index (Phi) is 13.9. The highest BCUT2D eigenvalue weighted by Crippen LogP contribution is 2.47. The molecule has 0 saturated carbocycles. The summed E-state index contributed by atoms with van der Waals surface area (Å²) in [5.41, 5.74) is 25.1. The minimum atomic E-state index is -0.0822. The van der Waals surface area contributed by atoms with Crippen molar-refractivity contribution in [1.82, 2.24) is 29.5 Å². The first-order chi connectivity index (χ1) is 46.9. The average Bonchev–Trinajstić information content (AvgIpc) is 1.08. The lowest BCUT2D eigenvalue weighted by atomic mass is 9.33. The number of nitrogens with zero attached hydrogens (tertiary/aromatic N) is 8. The second kappa shape index (κ2) is 23.0. The molecule has 0 bridgehead atoms. The summed E-state index contributed by atoms with van der Waals surface area (Å²) in [6.45, 7) is 13.7. The van der Waals surface area contributed by atoms with Crippen molar-refractivity contribution in [2.75, 3.05) is 9.80 Å². The summed E-state index contributed by atoms with van der Waals surface area (Å²) >= 11 is 0. The minimum absolute atomic E-state index is 0.00617. The number of hydrogen-bond acceptors (Lipinski definition) is 7. The van der Waals surface area contributed by atoms with E-state index in [1.165, 1.54) is 49.7 Å². The van der Waals surface area contributed by atoms with Crippen molar-refractivity contribution in [3.63, 3.8) is 0 Å². The van der Waals surface area contributed by atoms with E-state index in [1.807, 2.05) is 36.4 Å². The van der Waals surface area contributed by atoms with E-state index in [9.17, 15) is 0 Å². The average molecular weight is 1240 g/mol. The van der Waals surface area contributed by atoms with Crippen molar-refractivity contribution in [2.24, 2.45) is 0 Å². The highest BCUT2D eigenvalue weighted by atomic mass is 15.2. The molecule has 0 radical (unpaired) electrons. The Bertz CT molecular complexity index is 5260. The van der Waals surface area contributed by atoms with Crippen LogP contribution in [0, 0.1) is 0 Å². The van der Waals surface area contributed by atoms with Gasteiger partial charge in [0.2, 0.25) is 0 Å². The highest BCUT2D eigenvalue weighted by Gasteiger charge is 2.43. The Labute approximate surface area is 560 Å². The van der Waals surface area contributed by atoms with Gasteiger partial charge in [-0.25, -0.2) is 24.9 Å². The summed E-state index contributed by atoms with van der Waals surface area (Å²) in [7, 11) is 0. The maximum atomic E-state index is 5.81.